The molecular weight excluding hydrogens is 280 g/mol. The first-order valence-corrected chi connectivity index (χ1v) is 6.44. The van der Waals surface area contributed by atoms with Crippen LogP contribution in [-0.4, -0.2) is 28.2 Å². The fourth-order valence-corrected chi connectivity index (χ4v) is 1.63. The van der Waals surface area contributed by atoms with Gasteiger partial charge < -0.3 is 14.8 Å². The van der Waals surface area contributed by atoms with Gasteiger partial charge in [0.15, 0.2) is 0 Å². The third kappa shape index (κ3) is 3.96. The molecule has 2 rings (SSSR count). The van der Waals surface area contributed by atoms with E-state index in [1.165, 1.54) is 0 Å². The summed E-state index contributed by atoms with van der Waals surface area (Å²) in [6.07, 6.45) is -0.0434. The molecule has 0 fully saturated rings. The molecule has 20 heavy (non-hydrogen) atoms. The molecule has 0 aliphatic carbocycles. The number of nitrogens with one attached hydrogen (secondary N) is 1. The first-order chi connectivity index (χ1) is 9.56. The lowest BCUT2D eigenvalue weighted by atomic mass is 10.3. The fraction of sp³-hybridized carbons (Fsp3) is 0.308. The Morgan fingerprint density at radius 3 is 2.70 bits per heavy atom. The summed E-state index contributed by atoms with van der Waals surface area (Å²) in [4.78, 5) is 12.1. The maximum absolute atomic E-state index is 5.85. The zero-order valence-electron chi connectivity index (χ0n) is 11.4. The average Bonchev–Trinajstić information content (AvgIpc) is 2.37. The summed E-state index contributed by atoms with van der Waals surface area (Å²) in [6.45, 7) is 3.76. The molecule has 1 aromatic carbocycles. The topological polar surface area (TPSA) is 69.2 Å². The van der Waals surface area contributed by atoms with Crippen LogP contribution in [0.5, 0.6) is 11.8 Å². The lowest BCUT2D eigenvalue weighted by Crippen LogP contribution is -2.10. The highest BCUT2D eigenvalue weighted by molar-refractivity contribution is 6.28. The van der Waals surface area contributed by atoms with E-state index < -0.39 is 0 Å². The van der Waals surface area contributed by atoms with Gasteiger partial charge in [-0.05, 0) is 37.6 Å². The Kier molecular flexibility index (Phi) is 4.57. The number of methoxy groups -OCH3 is 1. The molecular formula is C13H15ClN4O2. The molecule has 0 amide bonds. The third-order valence-corrected chi connectivity index (χ3v) is 2.42. The number of aromatic nitrogens is 3. The number of hydrogen-bond acceptors (Lipinski definition) is 6. The Labute approximate surface area is 122 Å². The van der Waals surface area contributed by atoms with E-state index in [1.54, 1.807) is 7.11 Å². The van der Waals surface area contributed by atoms with Crippen molar-refractivity contribution in [2.24, 2.45) is 0 Å². The molecule has 0 radical (unpaired) electrons. The summed E-state index contributed by atoms with van der Waals surface area (Å²) in [6, 6.07) is 7.57. The Hall–Kier alpha value is -2.08. The molecule has 1 N–H and O–H groups in total. The number of nitrogens with zero attached hydrogens (tertiary/aromatic N) is 3. The van der Waals surface area contributed by atoms with Gasteiger partial charge in [-0.2, -0.15) is 15.0 Å². The lowest BCUT2D eigenvalue weighted by Gasteiger charge is -2.10. The highest BCUT2D eigenvalue weighted by atomic mass is 35.5. The summed E-state index contributed by atoms with van der Waals surface area (Å²) in [7, 11) is 1.60. The quantitative estimate of drug-likeness (QED) is 0.914. The van der Waals surface area contributed by atoms with Gasteiger partial charge >= 0.3 is 6.01 Å². The minimum atomic E-state index is -0.0434. The van der Waals surface area contributed by atoms with Gasteiger partial charge in [0.1, 0.15) is 5.75 Å². The Morgan fingerprint density at radius 1 is 1.20 bits per heavy atom. The molecule has 0 saturated carbocycles. The van der Waals surface area contributed by atoms with Crippen molar-refractivity contribution in [3.8, 4) is 11.8 Å². The molecule has 0 spiro atoms. The van der Waals surface area contributed by atoms with Gasteiger partial charge in [0.05, 0.1) is 13.2 Å². The van der Waals surface area contributed by atoms with Crippen LogP contribution in [0, 0.1) is 0 Å². The van der Waals surface area contributed by atoms with Crippen molar-refractivity contribution in [3.63, 3.8) is 0 Å². The van der Waals surface area contributed by atoms with E-state index in [2.05, 4.69) is 20.3 Å². The number of benzene rings is 1. The van der Waals surface area contributed by atoms with Crippen LogP contribution in [-0.2, 0) is 0 Å². The average molecular weight is 295 g/mol. The zero-order chi connectivity index (χ0) is 14.5. The molecule has 2 aromatic rings. The first-order valence-electron chi connectivity index (χ1n) is 6.06. The Bertz CT molecular complexity index is 592. The number of halogens is 1. The van der Waals surface area contributed by atoms with E-state index in [0.29, 0.717) is 5.95 Å². The molecule has 0 atom stereocenters. The highest BCUT2D eigenvalue weighted by Crippen LogP contribution is 2.21. The van der Waals surface area contributed by atoms with Crippen molar-refractivity contribution in [2.75, 3.05) is 12.4 Å². The van der Waals surface area contributed by atoms with E-state index in [0.717, 1.165) is 11.4 Å². The van der Waals surface area contributed by atoms with Crippen molar-refractivity contribution in [2.45, 2.75) is 20.0 Å². The van der Waals surface area contributed by atoms with Crippen LogP contribution >= 0.6 is 11.6 Å². The molecule has 0 saturated heterocycles. The monoisotopic (exact) mass is 294 g/mol. The van der Waals surface area contributed by atoms with Gasteiger partial charge in [0.2, 0.25) is 11.2 Å². The molecule has 1 aromatic heterocycles. The maximum atomic E-state index is 5.85. The number of rotatable bonds is 5. The molecule has 0 bridgehead atoms. The summed E-state index contributed by atoms with van der Waals surface area (Å²) < 4.78 is 10.6. The van der Waals surface area contributed by atoms with E-state index >= 15 is 0 Å². The fourth-order valence-electron chi connectivity index (χ4n) is 1.48. The van der Waals surface area contributed by atoms with E-state index in [9.17, 15) is 0 Å². The summed E-state index contributed by atoms with van der Waals surface area (Å²) in [5.41, 5.74) is 0.780. The molecule has 7 heteroatoms. The minimum absolute atomic E-state index is 0.0434. The molecule has 106 valence electrons. The van der Waals surface area contributed by atoms with Crippen LogP contribution in [0.15, 0.2) is 24.3 Å². The molecule has 0 aliphatic rings. The number of anilines is 2. The van der Waals surface area contributed by atoms with Gasteiger partial charge in [-0.15, -0.1) is 0 Å². The predicted molar refractivity (Wildman–Crippen MR) is 76.9 cm³/mol. The van der Waals surface area contributed by atoms with Gasteiger partial charge in [-0.1, -0.05) is 6.07 Å². The smallest absolute Gasteiger partial charge is 0.322 e. The van der Waals surface area contributed by atoms with Crippen molar-refractivity contribution in [1.29, 1.82) is 0 Å². The predicted octanol–water partition coefficient (Wildman–Crippen LogP) is 3.06. The van der Waals surface area contributed by atoms with Crippen LogP contribution in [0.4, 0.5) is 11.6 Å². The Morgan fingerprint density at radius 2 is 2.00 bits per heavy atom. The SMILES string of the molecule is COc1cccc(Nc2nc(Cl)nc(OC(C)C)n2)c1. The number of ether oxygens (including phenoxy) is 2. The number of hydrogen-bond donors (Lipinski definition) is 1. The van der Waals surface area contributed by atoms with Crippen LogP contribution in [0.25, 0.3) is 0 Å². The Balaban J connectivity index is 2.21. The van der Waals surface area contributed by atoms with E-state index in [1.807, 2.05) is 38.1 Å². The van der Waals surface area contributed by atoms with Gasteiger partial charge in [-0.25, -0.2) is 0 Å². The first kappa shape index (κ1) is 14.3. The standard InChI is InChI=1S/C13H15ClN4O2/c1-8(2)20-13-17-11(14)16-12(18-13)15-9-5-4-6-10(7-9)19-3/h4-8H,1-3H3,(H,15,16,17,18). The van der Waals surface area contributed by atoms with Gasteiger partial charge in [-0.3, -0.25) is 0 Å². The van der Waals surface area contributed by atoms with E-state index in [-0.39, 0.29) is 17.4 Å². The second-order valence-electron chi connectivity index (χ2n) is 4.23. The zero-order valence-corrected chi connectivity index (χ0v) is 12.2. The van der Waals surface area contributed by atoms with Crippen LogP contribution in [0.3, 0.4) is 0 Å². The molecule has 1 heterocycles. The van der Waals surface area contributed by atoms with Crippen LogP contribution in [0.1, 0.15) is 13.8 Å². The summed E-state index contributed by atoms with van der Waals surface area (Å²) in [5, 5.41) is 3.10. The van der Waals surface area contributed by atoms with Crippen molar-refractivity contribution < 1.29 is 9.47 Å². The maximum Gasteiger partial charge on any atom is 0.322 e. The normalized spacial score (nSPS) is 10.4. The second-order valence-corrected chi connectivity index (χ2v) is 4.57. The van der Waals surface area contributed by atoms with E-state index in [4.69, 9.17) is 21.1 Å². The summed E-state index contributed by atoms with van der Waals surface area (Å²) in [5.74, 6) is 1.04. The van der Waals surface area contributed by atoms with Crippen molar-refractivity contribution >= 4 is 23.2 Å². The van der Waals surface area contributed by atoms with Gasteiger partial charge in [0, 0.05) is 11.8 Å². The van der Waals surface area contributed by atoms with Crippen LogP contribution < -0.4 is 14.8 Å². The molecule has 0 aliphatic heterocycles. The largest absolute Gasteiger partial charge is 0.497 e. The minimum Gasteiger partial charge on any atom is -0.497 e. The third-order valence-electron chi connectivity index (χ3n) is 2.25. The van der Waals surface area contributed by atoms with Gasteiger partial charge in [0.25, 0.3) is 0 Å². The van der Waals surface area contributed by atoms with Crippen molar-refractivity contribution in [1.82, 2.24) is 15.0 Å². The molecule has 6 nitrogen and oxygen atoms in total. The van der Waals surface area contributed by atoms with Crippen molar-refractivity contribution in [3.05, 3.63) is 29.5 Å². The second kappa shape index (κ2) is 6.38. The molecule has 0 unspecified atom stereocenters. The highest BCUT2D eigenvalue weighted by Gasteiger charge is 2.08. The summed E-state index contributed by atoms with van der Waals surface area (Å²) >= 11 is 5.85. The lowest BCUT2D eigenvalue weighted by molar-refractivity contribution is 0.222. The van der Waals surface area contributed by atoms with Crippen LogP contribution in [0.2, 0.25) is 5.28 Å².